The van der Waals surface area contributed by atoms with Gasteiger partial charge in [0.25, 0.3) is 0 Å². The van der Waals surface area contributed by atoms with Gasteiger partial charge >= 0.3 is 5.97 Å². The Bertz CT molecular complexity index is 851. The summed E-state index contributed by atoms with van der Waals surface area (Å²) in [5.74, 6) is -0.389. The van der Waals surface area contributed by atoms with Crippen molar-refractivity contribution in [1.82, 2.24) is 9.78 Å². The van der Waals surface area contributed by atoms with Crippen LogP contribution in [0.3, 0.4) is 0 Å². The van der Waals surface area contributed by atoms with Gasteiger partial charge in [0.05, 0.1) is 12.8 Å². The van der Waals surface area contributed by atoms with E-state index in [0.29, 0.717) is 11.3 Å². The molecule has 4 nitrogen and oxygen atoms in total. The summed E-state index contributed by atoms with van der Waals surface area (Å²) in [6.45, 7) is 4.10. The molecule has 0 aliphatic heterocycles. The van der Waals surface area contributed by atoms with Gasteiger partial charge in [0, 0.05) is 11.8 Å². The summed E-state index contributed by atoms with van der Waals surface area (Å²) in [4.78, 5) is 12.1. The third kappa shape index (κ3) is 2.88. The first-order valence-corrected chi connectivity index (χ1v) is 7.41. The molecule has 23 heavy (non-hydrogen) atoms. The zero-order valence-electron chi connectivity index (χ0n) is 13.4. The molecule has 0 amide bonds. The molecular formula is C19H18N2O2. The summed E-state index contributed by atoms with van der Waals surface area (Å²) in [7, 11) is 1.38. The van der Waals surface area contributed by atoms with Crippen molar-refractivity contribution in [1.29, 1.82) is 0 Å². The van der Waals surface area contributed by atoms with Crippen molar-refractivity contribution in [3.8, 4) is 16.9 Å². The SMILES string of the molecule is COC(=O)c1cn(-c2ccccc2)nc1-c1ccc(C)c(C)c1. The molecule has 0 bridgehead atoms. The number of nitrogens with zero attached hydrogens (tertiary/aromatic N) is 2. The highest BCUT2D eigenvalue weighted by Gasteiger charge is 2.19. The molecule has 0 unspecified atom stereocenters. The van der Waals surface area contributed by atoms with Crippen molar-refractivity contribution in [2.75, 3.05) is 7.11 Å². The third-order valence-corrected chi connectivity index (χ3v) is 3.92. The van der Waals surface area contributed by atoms with E-state index in [-0.39, 0.29) is 5.97 Å². The van der Waals surface area contributed by atoms with Crippen LogP contribution in [-0.2, 0) is 4.74 Å². The lowest BCUT2D eigenvalue weighted by Gasteiger charge is -2.04. The number of hydrogen-bond donors (Lipinski definition) is 0. The number of aryl methyl sites for hydroxylation is 2. The van der Waals surface area contributed by atoms with Crippen molar-refractivity contribution >= 4 is 5.97 Å². The van der Waals surface area contributed by atoms with Gasteiger partial charge in [-0.2, -0.15) is 5.10 Å². The number of rotatable bonds is 3. The van der Waals surface area contributed by atoms with Crippen LogP contribution in [0.4, 0.5) is 0 Å². The lowest BCUT2D eigenvalue weighted by Crippen LogP contribution is -2.01. The van der Waals surface area contributed by atoms with Crippen molar-refractivity contribution in [3.05, 3.63) is 71.4 Å². The molecule has 1 aromatic heterocycles. The molecule has 1 heterocycles. The molecule has 116 valence electrons. The van der Waals surface area contributed by atoms with Crippen LogP contribution in [0.2, 0.25) is 0 Å². The van der Waals surface area contributed by atoms with E-state index in [0.717, 1.165) is 16.8 Å². The van der Waals surface area contributed by atoms with Crippen LogP contribution in [0.15, 0.2) is 54.7 Å². The van der Waals surface area contributed by atoms with Crippen molar-refractivity contribution in [2.24, 2.45) is 0 Å². The number of carbonyl (C=O) groups is 1. The van der Waals surface area contributed by atoms with Crippen LogP contribution in [-0.4, -0.2) is 22.9 Å². The van der Waals surface area contributed by atoms with Crippen LogP contribution in [0.25, 0.3) is 16.9 Å². The molecular weight excluding hydrogens is 288 g/mol. The van der Waals surface area contributed by atoms with Crippen LogP contribution >= 0.6 is 0 Å². The van der Waals surface area contributed by atoms with E-state index in [4.69, 9.17) is 4.74 Å². The number of para-hydroxylation sites is 1. The fourth-order valence-corrected chi connectivity index (χ4v) is 2.45. The molecule has 0 atom stereocenters. The fraction of sp³-hybridized carbons (Fsp3) is 0.158. The van der Waals surface area contributed by atoms with Crippen LogP contribution in [0.1, 0.15) is 21.5 Å². The Balaban J connectivity index is 2.16. The standard InChI is InChI=1S/C19H18N2O2/c1-13-9-10-15(11-14(13)2)18-17(19(22)23-3)12-21(20-18)16-7-5-4-6-8-16/h4-12H,1-3H3. The second kappa shape index (κ2) is 6.08. The first-order chi connectivity index (χ1) is 11.1. The maximum absolute atomic E-state index is 12.1. The van der Waals surface area contributed by atoms with Crippen molar-refractivity contribution in [3.63, 3.8) is 0 Å². The van der Waals surface area contributed by atoms with E-state index in [1.807, 2.05) is 55.5 Å². The summed E-state index contributed by atoms with van der Waals surface area (Å²) in [6.07, 6.45) is 1.71. The highest BCUT2D eigenvalue weighted by molar-refractivity contribution is 5.96. The molecule has 0 aliphatic rings. The smallest absolute Gasteiger partial charge is 0.341 e. The monoisotopic (exact) mass is 306 g/mol. The number of ether oxygens (including phenoxy) is 1. The largest absolute Gasteiger partial charge is 0.465 e. The number of benzene rings is 2. The van der Waals surface area contributed by atoms with E-state index < -0.39 is 0 Å². The average Bonchev–Trinajstić information content (AvgIpc) is 3.03. The normalized spacial score (nSPS) is 10.6. The van der Waals surface area contributed by atoms with Crippen LogP contribution in [0.5, 0.6) is 0 Å². The number of esters is 1. The lowest BCUT2D eigenvalue weighted by molar-refractivity contribution is 0.0601. The molecule has 3 rings (SSSR count). The predicted octanol–water partition coefficient (Wildman–Crippen LogP) is 3.94. The molecule has 0 aliphatic carbocycles. The second-order valence-corrected chi connectivity index (χ2v) is 5.46. The average molecular weight is 306 g/mol. The van der Waals surface area contributed by atoms with Crippen LogP contribution < -0.4 is 0 Å². The molecule has 0 saturated carbocycles. The second-order valence-electron chi connectivity index (χ2n) is 5.46. The highest BCUT2D eigenvalue weighted by atomic mass is 16.5. The Labute approximate surface area is 135 Å². The topological polar surface area (TPSA) is 44.1 Å². The molecule has 2 aromatic carbocycles. The van der Waals surface area contributed by atoms with E-state index in [1.165, 1.54) is 12.7 Å². The Morgan fingerprint density at radius 3 is 2.43 bits per heavy atom. The van der Waals surface area contributed by atoms with Gasteiger partial charge in [-0.25, -0.2) is 9.48 Å². The number of carbonyl (C=O) groups excluding carboxylic acids is 1. The number of aromatic nitrogens is 2. The Hall–Kier alpha value is -2.88. The number of hydrogen-bond acceptors (Lipinski definition) is 3. The minimum Gasteiger partial charge on any atom is -0.465 e. The van der Waals surface area contributed by atoms with Crippen molar-refractivity contribution in [2.45, 2.75) is 13.8 Å². The fourth-order valence-electron chi connectivity index (χ4n) is 2.45. The summed E-state index contributed by atoms with van der Waals surface area (Å²) in [5, 5.41) is 4.61. The Kier molecular flexibility index (Phi) is 3.98. The lowest BCUT2D eigenvalue weighted by atomic mass is 10.0. The highest BCUT2D eigenvalue weighted by Crippen LogP contribution is 2.26. The maximum atomic E-state index is 12.1. The van der Waals surface area contributed by atoms with Gasteiger partial charge in [0.2, 0.25) is 0 Å². The van der Waals surface area contributed by atoms with E-state index in [2.05, 4.69) is 12.0 Å². The zero-order valence-corrected chi connectivity index (χ0v) is 13.4. The molecule has 0 spiro atoms. The summed E-state index contributed by atoms with van der Waals surface area (Å²) in [5.41, 5.74) is 5.25. The van der Waals surface area contributed by atoms with E-state index >= 15 is 0 Å². The van der Waals surface area contributed by atoms with Gasteiger partial charge in [-0.15, -0.1) is 0 Å². The first-order valence-electron chi connectivity index (χ1n) is 7.41. The molecule has 3 aromatic rings. The molecule has 4 heteroatoms. The summed E-state index contributed by atoms with van der Waals surface area (Å²) >= 11 is 0. The minimum absolute atomic E-state index is 0.389. The molecule has 0 saturated heterocycles. The summed E-state index contributed by atoms with van der Waals surface area (Å²) in [6, 6.07) is 15.8. The van der Waals surface area contributed by atoms with Gasteiger partial charge in [-0.3, -0.25) is 0 Å². The Morgan fingerprint density at radius 2 is 1.78 bits per heavy atom. The summed E-state index contributed by atoms with van der Waals surface area (Å²) < 4.78 is 6.61. The minimum atomic E-state index is -0.389. The third-order valence-electron chi connectivity index (χ3n) is 3.92. The maximum Gasteiger partial charge on any atom is 0.341 e. The van der Waals surface area contributed by atoms with Gasteiger partial charge in [0.15, 0.2) is 0 Å². The van der Waals surface area contributed by atoms with Crippen LogP contribution in [0, 0.1) is 13.8 Å². The number of methoxy groups -OCH3 is 1. The van der Waals surface area contributed by atoms with Crippen molar-refractivity contribution < 1.29 is 9.53 Å². The molecule has 0 N–H and O–H groups in total. The van der Waals surface area contributed by atoms with Gasteiger partial charge in [0.1, 0.15) is 11.3 Å². The van der Waals surface area contributed by atoms with E-state index in [1.54, 1.807) is 10.9 Å². The quantitative estimate of drug-likeness (QED) is 0.688. The molecule has 0 radical (unpaired) electrons. The van der Waals surface area contributed by atoms with Gasteiger partial charge in [-0.05, 0) is 43.2 Å². The zero-order chi connectivity index (χ0) is 16.4. The first kappa shape index (κ1) is 15.0. The predicted molar refractivity (Wildman–Crippen MR) is 89.8 cm³/mol. The van der Waals surface area contributed by atoms with Gasteiger partial charge in [-0.1, -0.05) is 30.3 Å². The van der Waals surface area contributed by atoms with E-state index in [9.17, 15) is 4.79 Å². The Morgan fingerprint density at radius 1 is 1.04 bits per heavy atom. The van der Waals surface area contributed by atoms with Gasteiger partial charge < -0.3 is 4.74 Å². The molecule has 0 fully saturated rings.